The van der Waals surface area contributed by atoms with Crippen LogP contribution in [0.1, 0.15) is 12.8 Å². The molecule has 1 rings (SSSR count). The first-order chi connectivity index (χ1) is 8.02. The minimum Gasteiger partial charge on any atom is -0.480 e. The van der Waals surface area contributed by atoms with E-state index in [0.29, 0.717) is 5.69 Å². The van der Waals surface area contributed by atoms with Crippen LogP contribution in [-0.4, -0.2) is 35.1 Å². The lowest BCUT2D eigenvalue weighted by Gasteiger charge is -2.17. The van der Waals surface area contributed by atoms with E-state index in [9.17, 15) is 9.59 Å². The molecule has 1 amide bonds. The van der Waals surface area contributed by atoms with Crippen LogP contribution in [0.15, 0.2) is 24.5 Å². The molecule has 0 saturated carbocycles. The van der Waals surface area contributed by atoms with Crippen molar-refractivity contribution in [2.24, 2.45) is 5.73 Å². The van der Waals surface area contributed by atoms with Gasteiger partial charge in [0.2, 0.25) is 5.91 Å². The van der Waals surface area contributed by atoms with Crippen molar-refractivity contribution in [2.45, 2.75) is 18.9 Å². The Kier molecular flexibility index (Phi) is 4.59. The van der Waals surface area contributed by atoms with E-state index >= 15 is 0 Å². The van der Waals surface area contributed by atoms with Crippen molar-refractivity contribution in [1.29, 1.82) is 0 Å². The van der Waals surface area contributed by atoms with E-state index in [0.717, 1.165) is 0 Å². The number of carbonyl (C=O) groups is 2. The van der Waals surface area contributed by atoms with Crippen molar-refractivity contribution >= 4 is 17.6 Å². The van der Waals surface area contributed by atoms with Gasteiger partial charge in [0.1, 0.15) is 6.04 Å². The fourth-order valence-electron chi connectivity index (χ4n) is 1.27. The number of nitrogens with two attached hydrogens (primary N) is 1. The van der Waals surface area contributed by atoms with Crippen LogP contribution in [0.25, 0.3) is 0 Å². The van der Waals surface area contributed by atoms with E-state index in [1.54, 1.807) is 31.6 Å². The van der Waals surface area contributed by atoms with Crippen LogP contribution in [-0.2, 0) is 9.59 Å². The number of nitrogens with zero attached hydrogens (tertiary/aromatic N) is 2. The number of pyridine rings is 1. The molecule has 3 N–H and O–H groups in total. The molecule has 6 nitrogen and oxygen atoms in total. The van der Waals surface area contributed by atoms with Crippen LogP contribution in [0, 0.1) is 0 Å². The van der Waals surface area contributed by atoms with E-state index in [2.05, 4.69) is 4.98 Å². The lowest BCUT2D eigenvalue weighted by atomic mass is 10.1. The van der Waals surface area contributed by atoms with Crippen molar-refractivity contribution in [3.63, 3.8) is 0 Å². The second kappa shape index (κ2) is 5.95. The number of aromatic nitrogens is 1. The maximum atomic E-state index is 11.7. The van der Waals surface area contributed by atoms with Crippen molar-refractivity contribution in [3.8, 4) is 0 Å². The first-order valence-electron chi connectivity index (χ1n) is 5.17. The third-order valence-corrected chi connectivity index (χ3v) is 2.39. The van der Waals surface area contributed by atoms with Gasteiger partial charge in [0.15, 0.2) is 0 Å². The van der Waals surface area contributed by atoms with Gasteiger partial charge < -0.3 is 15.7 Å². The summed E-state index contributed by atoms with van der Waals surface area (Å²) in [4.78, 5) is 27.5. The minimum absolute atomic E-state index is 0.0961. The fraction of sp³-hybridized carbons (Fsp3) is 0.364. The third kappa shape index (κ3) is 3.84. The zero-order chi connectivity index (χ0) is 12.8. The second-order valence-electron chi connectivity index (χ2n) is 3.65. The topological polar surface area (TPSA) is 96.5 Å². The number of aliphatic carboxylic acids is 1. The minimum atomic E-state index is -1.10. The molecule has 6 heteroatoms. The Bertz CT molecular complexity index is 394. The first-order valence-corrected chi connectivity index (χ1v) is 5.17. The molecule has 0 fully saturated rings. The molecular formula is C11H15N3O3. The molecule has 0 unspecified atom stereocenters. The number of carboxylic acids is 1. The third-order valence-electron chi connectivity index (χ3n) is 2.39. The molecule has 1 aromatic rings. The normalized spacial score (nSPS) is 11.9. The number of hydrogen-bond donors (Lipinski definition) is 2. The number of carboxylic acid groups (broad SMARTS) is 1. The number of anilines is 1. The van der Waals surface area contributed by atoms with Crippen LogP contribution in [0.2, 0.25) is 0 Å². The van der Waals surface area contributed by atoms with Gasteiger partial charge in [-0.05, 0) is 18.6 Å². The number of hydrogen-bond acceptors (Lipinski definition) is 4. The van der Waals surface area contributed by atoms with Gasteiger partial charge in [-0.2, -0.15) is 0 Å². The summed E-state index contributed by atoms with van der Waals surface area (Å²) in [6, 6.07) is 2.48. The van der Waals surface area contributed by atoms with Gasteiger partial charge in [0, 0.05) is 19.7 Å². The standard InChI is InChI=1S/C11H15N3O3/c1-14(8-3-2-6-13-7-8)10(15)5-4-9(12)11(16)17/h2-3,6-7,9H,4-5,12H2,1H3,(H,16,17)/t9-/m0/s1. The second-order valence-corrected chi connectivity index (χ2v) is 3.65. The van der Waals surface area contributed by atoms with Crippen LogP contribution in [0.5, 0.6) is 0 Å². The Labute approximate surface area is 99.1 Å². The summed E-state index contributed by atoms with van der Waals surface area (Å²) in [7, 11) is 1.62. The average molecular weight is 237 g/mol. The van der Waals surface area contributed by atoms with Crippen molar-refractivity contribution < 1.29 is 14.7 Å². The molecule has 1 heterocycles. The van der Waals surface area contributed by atoms with Crippen LogP contribution < -0.4 is 10.6 Å². The summed E-state index contributed by atoms with van der Waals surface area (Å²) in [5.41, 5.74) is 5.99. The van der Waals surface area contributed by atoms with Crippen LogP contribution >= 0.6 is 0 Å². The summed E-state index contributed by atoms with van der Waals surface area (Å²) in [5, 5.41) is 8.59. The van der Waals surface area contributed by atoms with Crippen molar-refractivity contribution in [1.82, 2.24) is 4.98 Å². The van der Waals surface area contributed by atoms with Gasteiger partial charge in [-0.25, -0.2) is 0 Å². The maximum absolute atomic E-state index is 11.7. The SMILES string of the molecule is CN(C(=O)CC[C@H](N)C(=O)O)c1cccnc1. The van der Waals surface area contributed by atoms with E-state index < -0.39 is 12.0 Å². The molecule has 1 atom stereocenters. The van der Waals surface area contributed by atoms with Crippen LogP contribution in [0.3, 0.4) is 0 Å². The number of carbonyl (C=O) groups excluding carboxylic acids is 1. The summed E-state index contributed by atoms with van der Waals surface area (Å²) < 4.78 is 0. The zero-order valence-corrected chi connectivity index (χ0v) is 9.54. The summed E-state index contributed by atoms with van der Waals surface area (Å²) in [5.74, 6) is -1.28. The molecule has 92 valence electrons. The molecule has 1 aromatic heterocycles. The van der Waals surface area contributed by atoms with Gasteiger partial charge in [0.25, 0.3) is 0 Å². The molecule has 0 aromatic carbocycles. The molecule has 0 aliphatic heterocycles. The fourth-order valence-corrected chi connectivity index (χ4v) is 1.27. The van der Waals surface area contributed by atoms with E-state index in [4.69, 9.17) is 10.8 Å². The largest absolute Gasteiger partial charge is 0.480 e. The Hall–Kier alpha value is -1.95. The molecular weight excluding hydrogens is 222 g/mol. The van der Waals surface area contributed by atoms with E-state index in [1.807, 2.05) is 0 Å². The molecule has 0 aliphatic carbocycles. The summed E-state index contributed by atoms with van der Waals surface area (Å²) >= 11 is 0. The molecule has 17 heavy (non-hydrogen) atoms. The smallest absolute Gasteiger partial charge is 0.320 e. The molecule has 0 aliphatic rings. The summed E-state index contributed by atoms with van der Waals surface area (Å²) in [6.45, 7) is 0. The maximum Gasteiger partial charge on any atom is 0.320 e. The monoisotopic (exact) mass is 237 g/mol. The van der Waals surface area contributed by atoms with Crippen LogP contribution in [0.4, 0.5) is 5.69 Å². The first kappa shape index (κ1) is 13.1. The lowest BCUT2D eigenvalue weighted by molar-refractivity contribution is -0.138. The predicted molar refractivity (Wildman–Crippen MR) is 62.5 cm³/mol. The van der Waals surface area contributed by atoms with Gasteiger partial charge in [-0.1, -0.05) is 0 Å². The average Bonchev–Trinajstić information content (AvgIpc) is 2.35. The van der Waals surface area contributed by atoms with Gasteiger partial charge >= 0.3 is 5.97 Å². The van der Waals surface area contributed by atoms with E-state index in [-0.39, 0.29) is 18.7 Å². The van der Waals surface area contributed by atoms with Gasteiger partial charge in [0.05, 0.1) is 11.9 Å². The Balaban J connectivity index is 2.51. The Morgan fingerprint density at radius 1 is 1.59 bits per heavy atom. The molecule has 0 radical (unpaired) electrons. The van der Waals surface area contributed by atoms with Gasteiger partial charge in [-0.3, -0.25) is 14.6 Å². The zero-order valence-electron chi connectivity index (χ0n) is 9.54. The number of rotatable bonds is 5. The highest BCUT2D eigenvalue weighted by Gasteiger charge is 2.16. The predicted octanol–water partition coefficient (Wildman–Crippen LogP) is 0.237. The van der Waals surface area contributed by atoms with Gasteiger partial charge in [-0.15, -0.1) is 0 Å². The van der Waals surface area contributed by atoms with E-state index in [1.165, 1.54) is 4.90 Å². The Morgan fingerprint density at radius 2 is 2.29 bits per heavy atom. The highest BCUT2D eigenvalue weighted by Crippen LogP contribution is 2.11. The highest BCUT2D eigenvalue weighted by atomic mass is 16.4. The Morgan fingerprint density at radius 3 is 2.82 bits per heavy atom. The number of amides is 1. The van der Waals surface area contributed by atoms with Crippen molar-refractivity contribution in [3.05, 3.63) is 24.5 Å². The highest BCUT2D eigenvalue weighted by molar-refractivity contribution is 5.92. The van der Waals surface area contributed by atoms with Crippen molar-refractivity contribution in [2.75, 3.05) is 11.9 Å². The quantitative estimate of drug-likeness (QED) is 0.764. The summed E-state index contributed by atoms with van der Waals surface area (Å²) in [6.07, 6.45) is 3.40. The lowest BCUT2D eigenvalue weighted by Crippen LogP contribution is -2.33. The molecule has 0 bridgehead atoms. The molecule has 0 saturated heterocycles. The molecule has 0 spiro atoms.